The summed E-state index contributed by atoms with van der Waals surface area (Å²) in [6.07, 6.45) is 3.33. The number of hydrogen-bond donors (Lipinski definition) is 1. The van der Waals surface area contributed by atoms with Crippen molar-refractivity contribution < 1.29 is 0 Å². The Bertz CT molecular complexity index is 851. The van der Waals surface area contributed by atoms with Crippen LogP contribution >= 0.6 is 23.2 Å². The maximum atomic E-state index is 6.05. The fraction of sp³-hybridized carbons (Fsp3) is 0.312. The summed E-state index contributed by atoms with van der Waals surface area (Å²) in [4.78, 5) is 8.68. The second-order valence-corrected chi connectivity index (χ2v) is 7.10. The van der Waals surface area contributed by atoms with Crippen LogP contribution in [0, 0.1) is 0 Å². The van der Waals surface area contributed by atoms with Crippen LogP contribution in [-0.4, -0.2) is 19.7 Å². The maximum absolute atomic E-state index is 6.05. The SMILES string of the molecule is CC(C)(C)n1ncc2c(NCc3ccc(Cl)c(Cl)c3)ncnc21. The van der Waals surface area contributed by atoms with Crippen molar-refractivity contribution in [2.75, 3.05) is 5.32 Å². The predicted molar refractivity (Wildman–Crippen MR) is 94.1 cm³/mol. The number of rotatable bonds is 3. The summed E-state index contributed by atoms with van der Waals surface area (Å²) in [7, 11) is 0. The van der Waals surface area contributed by atoms with E-state index in [4.69, 9.17) is 23.2 Å². The van der Waals surface area contributed by atoms with Crippen molar-refractivity contribution >= 4 is 40.1 Å². The lowest BCUT2D eigenvalue weighted by atomic mass is 10.1. The Kier molecular flexibility index (Phi) is 4.17. The van der Waals surface area contributed by atoms with Gasteiger partial charge in [-0.2, -0.15) is 5.10 Å². The molecule has 0 saturated carbocycles. The van der Waals surface area contributed by atoms with Crippen molar-refractivity contribution in [1.29, 1.82) is 0 Å². The normalized spacial score (nSPS) is 11.9. The van der Waals surface area contributed by atoms with Gasteiger partial charge < -0.3 is 5.32 Å². The molecule has 0 unspecified atom stereocenters. The van der Waals surface area contributed by atoms with Gasteiger partial charge in [-0.3, -0.25) is 0 Å². The van der Waals surface area contributed by atoms with Gasteiger partial charge in [-0.25, -0.2) is 14.6 Å². The molecule has 3 aromatic rings. The molecule has 120 valence electrons. The Morgan fingerprint density at radius 2 is 1.91 bits per heavy atom. The monoisotopic (exact) mass is 349 g/mol. The molecular weight excluding hydrogens is 333 g/mol. The van der Waals surface area contributed by atoms with Gasteiger partial charge in [0.25, 0.3) is 0 Å². The number of fused-ring (bicyclic) bond motifs is 1. The number of aromatic nitrogens is 4. The molecule has 0 aliphatic rings. The van der Waals surface area contributed by atoms with Gasteiger partial charge in [0.15, 0.2) is 5.65 Å². The van der Waals surface area contributed by atoms with Crippen molar-refractivity contribution in [3.63, 3.8) is 0 Å². The second kappa shape index (κ2) is 5.98. The zero-order valence-corrected chi connectivity index (χ0v) is 14.7. The quantitative estimate of drug-likeness (QED) is 0.756. The summed E-state index contributed by atoms with van der Waals surface area (Å²) >= 11 is 12.0. The van der Waals surface area contributed by atoms with Gasteiger partial charge in [-0.05, 0) is 38.5 Å². The van der Waals surface area contributed by atoms with Gasteiger partial charge in [0.2, 0.25) is 0 Å². The minimum Gasteiger partial charge on any atom is -0.365 e. The first-order valence-corrected chi connectivity index (χ1v) is 7.99. The molecule has 0 spiro atoms. The molecule has 0 radical (unpaired) electrons. The van der Waals surface area contributed by atoms with Crippen LogP contribution in [0.4, 0.5) is 5.82 Å². The summed E-state index contributed by atoms with van der Waals surface area (Å²) in [5, 5.41) is 9.73. The Morgan fingerprint density at radius 1 is 1.13 bits per heavy atom. The fourth-order valence-corrected chi connectivity index (χ4v) is 2.63. The van der Waals surface area contributed by atoms with Crippen LogP contribution in [0.3, 0.4) is 0 Å². The van der Waals surface area contributed by atoms with E-state index in [0.29, 0.717) is 16.6 Å². The van der Waals surface area contributed by atoms with Crippen molar-refractivity contribution in [3.05, 3.63) is 46.3 Å². The molecule has 0 bridgehead atoms. The zero-order valence-electron chi connectivity index (χ0n) is 13.1. The first kappa shape index (κ1) is 16.0. The van der Waals surface area contributed by atoms with Crippen LogP contribution < -0.4 is 5.32 Å². The van der Waals surface area contributed by atoms with Gasteiger partial charge >= 0.3 is 0 Å². The highest BCUT2D eigenvalue weighted by Crippen LogP contribution is 2.25. The van der Waals surface area contributed by atoms with Gasteiger partial charge in [0.1, 0.15) is 12.1 Å². The molecule has 0 aliphatic heterocycles. The predicted octanol–water partition coefficient (Wildman–Crippen LogP) is 4.50. The lowest BCUT2D eigenvalue weighted by molar-refractivity contribution is 0.366. The maximum Gasteiger partial charge on any atom is 0.163 e. The molecule has 0 saturated heterocycles. The first-order chi connectivity index (χ1) is 10.9. The van der Waals surface area contributed by atoms with E-state index in [1.807, 2.05) is 16.8 Å². The number of halogens is 2. The minimum atomic E-state index is -0.142. The zero-order chi connectivity index (χ0) is 16.6. The van der Waals surface area contributed by atoms with E-state index in [1.165, 1.54) is 0 Å². The topological polar surface area (TPSA) is 55.6 Å². The van der Waals surface area contributed by atoms with E-state index in [2.05, 4.69) is 41.2 Å². The van der Waals surface area contributed by atoms with Crippen molar-refractivity contribution in [3.8, 4) is 0 Å². The Labute approximate surface area is 144 Å². The molecule has 5 nitrogen and oxygen atoms in total. The molecule has 2 heterocycles. The third kappa shape index (κ3) is 3.26. The average molecular weight is 350 g/mol. The third-order valence-corrected chi connectivity index (χ3v) is 4.18. The molecule has 23 heavy (non-hydrogen) atoms. The van der Waals surface area contributed by atoms with E-state index < -0.39 is 0 Å². The number of nitrogens with one attached hydrogen (secondary N) is 1. The summed E-state index contributed by atoms with van der Waals surface area (Å²) in [6.45, 7) is 6.85. The van der Waals surface area contributed by atoms with Crippen LogP contribution in [0.1, 0.15) is 26.3 Å². The number of benzene rings is 1. The molecule has 2 aromatic heterocycles. The largest absolute Gasteiger partial charge is 0.365 e. The van der Waals surface area contributed by atoms with E-state index in [-0.39, 0.29) is 5.54 Å². The Hall–Kier alpha value is -1.85. The summed E-state index contributed by atoms with van der Waals surface area (Å²) in [5.74, 6) is 0.747. The standard InChI is InChI=1S/C16H17Cl2N5/c1-16(2,3)23-15-11(8-22-23)14(20-9-21-15)19-7-10-4-5-12(17)13(18)6-10/h4-6,8-9H,7H2,1-3H3,(H,19,20,21). The molecule has 0 atom stereocenters. The van der Waals surface area contributed by atoms with E-state index in [9.17, 15) is 0 Å². The second-order valence-electron chi connectivity index (χ2n) is 6.29. The molecule has 3 rings (SSSR count). The molecule has 1 N–H and O–H groups in total. The first-order valence-electron chi connectivity index (χ1n) is 7.23. The van der Waals surface area contributed by atoms with E-state index in [1.54, 1.807) is 18.6 Å². The fourth-order valence-electron chi connectivity index (χ4n) is 2.31. The molecule has 7 heteroatoms. The number of anilines is 1. The smallest absolute Gasteiger partial charge is 0.163 e. The van der Waals surface area contributed by atoms with E-state index in [0.717, 1.165) is 22.4 Å². The molecule has 0 aliphatic carbocycles. The highest BCUT2D eigenvalue weighted by atomic mass is 35.5. The summed E-state index contributed by atoms with van der Waals surface area (Å²) < 4.78 is 1.90. The lowest BCUT2D eigenvalue weighted by Crippen LogP contribution is -2.23. The number of nitrogens with zero attached hydrogens (tertiary/aromatic N) is 4. The van der Waals surface area contributed by atoms with Crippen molar-refractivity contribution in [1.82, 2.24) is 19.7 Å². The Morgan fingerprint density at radius 3 is 2.61 bits per heavy atom. The summed E-state index contributed by atoms with van der Waals surface area (Å²) in [6, 6.07) is 5.56. The van der Waals surface area contributed by atoms with Gasteiger partial charge in [0, 0.05) is 6.54 Å². The number of hydrogen-bond acceptors (Lipinski definition) is 4. The lowest BCUT2D eigenvalue weighted by Gasteiger charge is -2.19. The van der Waals surface area contributed by atoms with E-state index >= 15 is 0 Å². The van der Waals surface area contributed by atoms with Gasteiger partial charge in [-0.15, -0.1) is 0 Å². The van der Waals surface area contributed by atoms with Crippen LogP contribution in [0.2, 0.25) is 10.0 Å². The third-order valence-electron chi connectivity index (χ3n) is 3.45. The summed E-state index contributed by atoms with van der Waals surface area (Å²) in [5.41, 5.74) is 1.69. The molecular formula is C16H17Cl2N5. The molecule has 0 fully saturated rings. The van der Waals surface area contributed by atoms with Crippen LogP contribution in [0.5, 0.6) is 0 Å². The van der Waals surface area contributed by atoms with Gasteiger partial charge in [-0.1, -0.05) is 29.3 Å². The van der Waals surface area contributed by atoms with Crippen molar-refractivity contribution in [2.24, 2.45) is 0 Å². The van der Waals surface area contributed by atoms with Gasteiger partial charge in [0.05, 0.1) is 27.2 Å². The highest BCUT2D eigenvalue weighted by Gasteiger charge is 2.19. The molecule has 1 aromatic carbocycles. The average Bonchev–Trinajstić information content (AvgIpc) is 2.93. The minimum absolute atomic E-state index is 0.142. The van der Waals surface area contributed by atoms with Crippen molar-refractivity contribution in [2.45, 2.75) is 32.9 Å². The van der Waals surface area contributed by atoms with Crippen LogP contribution in [0.15, 0.2) is 30.7 Å². The highest BCUT2D eigenvalue weighted by molar-refractivity contribution is 6.42. The Balaban J connectivity index is 1.89. The molecule has 0 amide bonds. The van der Waals surface area contributed by atoms with Crippen LogP contribution in [-0.2, 0) is 12.1 Å². The van der Waals surface area contributed by atoms with Crippen LogP contribution in [0.25, 0.3) is 11.0 Å².